The lowest BCUT2D eigenvalue weighted by Crippen LogP contribution is -2.37. The van der Waals surface area contributed by atoms with Crippen molar-refractivity contribution in [2.75, 3.05) is 25.1 Å². The van der Waals surface area contributed by atoms with E-state index < -0.39 is 6.10 Å². The number of ether oxygens (including phenoxy) is 2. The first kappa shape index (κ1) is 18.0. The molecule has 2 N–H and O–H groups in total. The van der Waals surface area contributed by atoms with Crippen LogP contribution in [0.4, 0.5) is 5.69 Å². The van der Waals surface area contributed by atoms with Gasteiger partial charge in [0.1, 0.15) is 6.10 Å². The smallest absolute Gasteiger partial charge is 0.253 e. The summed E-state index contributed by atoms with van der Waals surface area (Å²) in [5.74, 6) is 1.83. The second kappa shape index (κ2) is 7.77. The molecule has 0 bridgehead atoms. The molecule has 2 saturated heterocycles. The minimum Gasteiger partial charge on any atom is -0.381 e. The van der Waals surface area contributed by atoms with Gasteiger partial charge in [-0.25, -0.2) is 4.98 Å². The van der Waals surface area contributed by atoms with E-state index in [1.807, 2.05) is 54.6 Å². The van der Waals surface area contributed by atoms with E-state index in [-0.39, 0.29) is 11.8 Å². The van der Waals surface area contributed by atoms with E-state index in [0.29, 0.717) is 37.4 Å². The normalized spacial score (nSPS) is 23.5. The van der Waals surface area contributed by atoms with Crippen LogP contribution in [0.15, 0.2) is 54.6 Å². The number of carbonyl (C=O) groups is 1. The van der Waals surface area contributed by atoms with Crippen LogP contribution in [0.3, 0.4) is 0 Å². The lowest BCUT2D eigenvalue weighted by molar-refractivity contribution is -0.126. The Morgan fingerprint density at radius 1 is 1.03 bits per heavy atom. The summed E-state index contributed by atoms with van der Waals surface area (Å²) in [4.78, 5) is 17.2. The van der Waals surface area contributed by atoms with Gasteiger partial charge < -0.3 is 14.8 Å². The molecule has 148 valence electrons. The fourth-order valence-electron chi connectivity index (χ4n) is 4.04. The Balaban J connectivity index is 1.26. The van der Waals surface area contributed by atoms with Crippen LogP contribution < -0.4 is 5.32 Å². The number of nitrogens with one attached hydrogen (secondary N) is 2. The minimum absolute atomic E-state index is 0.0850. The summed E-state index contributed by atoms with van der Waals surface area (Å²) in [5, 5.41) is 10.2. The Labute approximate surface area is 168 Å². The van der Waals surface area contributed by atoms with Crippen molar-refractivity contribution in [3.05, 3.63) is 54.6 Å². The molecule has 2 aliphatic heterocycles. The molecular formula is C22H22N4O3. The Hall–Kier alpha value is -3.03. The molecule has 2 fully saturated rings. The zero-order chi connectivity index (χ0) is 19.6. The Morgan fingerprint density at radius 3 is 2.69 bits per heavy atom. The average molecular weight is 390 g/mol. The standard InChI is InChI=1S/C22H22N4O3/c27-22(19-18-10-11-28-12-16(18)13-29-19)23-17-8-6-15(7-9-17)21-24-20(25-26-21)14-4-2-1-3-5-14/h1-9,16,18-19H,10-13H2,(H,23,27)(H,24,25,26)/t16-,18-,19+/m0/s1. The van der Waals surface area contributed by atoms with Crippen molar-refractivity contribution in [2.24, 2.45) is 11.8 Å². The van der Waals surface area contributed by atoms with Crippen molar-refractivity contribution in [1.29, 1.82) is 0 Å². The van der Waals surface area contributed by atoms with Gasteiger partial charge in [-0.2, -0.15) is 5.10 Å². The summed E-state index contributed by atoms with van der Waals surface area (Å²) in [6.45, 7) is 1.98. The molecule has 0 saturated carbocycles. The van der Waals surface area contributed by atoms with Gasteiger partial charge in [-0.1, -0.05) is 30.3 Å². The highest BCUT2D eigenvalue weighted by atomic mass is 16.5. The number of benzene rings is 2. The fourth-order valence-corrected chi connectivity index (χ4v) is 4.04. The number of carbonyl (C=O) groups excluding carboxylic acids is 1. The third-order valence-electron chi connectivity index (χ3n) is 5.61. The van der Waals surface area contributed by atoms with Gasteiger partial charge in [0.15, 0.2) is 11.6 Å². The Morgan fingerprint density at radius 2 is 1.86 bits per heavy atom. The maximum Gasteiger partial charge on any atom is 0.253 e. The molecule has 3 aromatic rings. The molecule has 7 heteroatoms. The number of anilines is 1. The third kappa shape index (κ3) is 3.66. The number of amides is 1. The lowest BCUT2D eigenvalue weighted by Gasteiger charge is -2.26. The van der Waals surface area contributed by atoms with Crippen LogP contribution in [-0.4, -0.2) is 47.0 Å². The average Bonchev–Trinajstić information content (AvgIpc) is 3.43. The highest BCUT2D eigenvalue weighted by Crippen LogP contribution is 2.34. The van der Waals surface area contributed by atoms with Crippen LogP contribution in [0.5, 0.6) is 0 Å². The molecule has 2 aliphatic rings. The molecular weight excluding hydrogens is 368 g/mol. The number of hydrogen-bond acceptors (Lipinski definition) is 5. The number of aromatic amines is 1. The van der Waals surface area contributed by atoms with Gasteiger partial charge >= 0.3 is 0 Å². The molecule has 29 heavy (non-hydrogen) atoms. The molecule has 3 heterocycles. The van der Waals surface area contributed by atoms with Gasteiger partial charge in [0.05, 0.1) is 13.2 Å². The third-order valence-corrected chi connectivity index (χ3v) is 5.61. The van der Waals surface area contributed by atoms with Gasteiger partial charge in [-0.15, -0.1) is 0 Å². The molecule has 0 spiro atoms. The quantitative estimate of drug-likeness (QED) is 0.714. The van der Waals surface area contributed by atoms with Crippen molar-refractivity contribution in [1.82, 2.24) is 15.2 Å². The first-order valence-electron chi connectivity index (χ1n) is 9.86. The van der Waals surface area contributed by atoms with Crippen LogP contribution in [0.2, 0.25) is 0 Å². The SMILES string of the molecule is O=C(Nc1ccc(-c2nc(-c3ccccc3)n[nH]2)cc1)[C@@H]1OC[C@@H]2COCC[C@@H]21. The van der Waals surface area contributed by atoms with Crippen molar-refractivity contribution >= 4 is 11.6 Å². The summed E-state index contributed by atoms with van der Waals surface area (Å²) in [6, 6.07) is 17.4. The minimum atomic E-state index is -0.397. The predicted molar refractivity (Wildman–Crippen MR) is 108 cm³/mol. The van der Waals surface area contributed by atoms with Gasteiger partial charge in [0, 0.05) is 35.3 Å². The van der Waals surface area contributed by atoms with Gasteiger partial charge in [0.2, 0.25) is 0 Å². The van der Waals surface area contributed by atoms with E-state index in [1.54, 1.807) is 0 Å². The molecule has 3 atom stereocenters. The topological polar surface area (TPSA) is 89.1 Å². The van der Waals surface area contributed by atoms with Crippen LogP contribution in [-0.2, 0) is 14.3 Å². The summed E-state index contributed by atoms with van der Waals surface area (Å²) in [6.07, 6.45) is 0.475. The van der Waals surface area contributed by atoms with E-state index in [4.69, 9.17) is 9.47 Å². The maximum absolute atomic E-state index is 12.7. The molecule has 0 aliphatic carbocycles. The van der Waals surface area contributed by atoms with E-state index in [9.17, 15) is 4.79 Å². The van der Waals surface area contributed by atoms with Crippen molar-refractivity contribution in [2.45, 2.75) is 12.5 Å². The second-order valence-electron chi connectivity index (χ2n) is 7.48. The molecule has 2 aromatic carbocycles. The second-order valence-corrected chi connectivity index (χ2v) is 7.48. The zero-order valence-electron chi connectivity index (χ0n) is 15.9. The van der Waals surface area contributed by atoms with E-state index in [1.165, 1.54) is 0 Å². The van der Waals surface area contributed by atoms with Gasteiger partial charge in [-0.05, 0) is 30.7 Å². The summed E-state index contributed by atoms with van der Waals surface area (Å²) in [5.41, 5.74) is 2.60. The Kier molecular flexibility index (Phi) is 4.83. The molecule has 1 aromatic heterocycles. The number of fused-ring (bicyclic) bond motifs is 1. The first-order valence-corrected chi connectivity index (χ1v) is 9.86. The predicted octanol–water partition coefficient (Wildman–Crippen LogP) is 3.13. The van der Waals surface area contributed by atoms with Crippen molar-refractivity contribution in [3.8, 4) is 22.8 Å². The largest absolute Gasteiger partial charge is 0.381 e. The van der Waals surface area contributed by atoms with Gasteiger partial charge in [0.25, 0.3) is 5.91 Å². The molecule has 1 amide bonds. The van der Waals surface area contributed by atoms with E-state index >= 15 is 0 Å². The molecule has 5 rings (SSSR count). The summed E-state index contributed by atoms with van der Waals surface area (Å²) >= 11 is 0. The van der Waals surface area contributed by atoms with Crippen molar-refractivity contribution in [3.63, 3.8) is 0 Å². The first-order chi connectivity index (χ1) is 14.3. The molecule has 7 nitrogen and oxygen atoms in total. The zero-order valence-corrected chi connectivity index (χ0v) is 15.9. The number of aromatic nitrogens is 3. The maximum atomic E-state index is 12.7. The fraction of sp³-hybridized carbons (Fsp3) is 0.318. The van der Waals surface area contributed by atoms with Crippen molar-refractivity contribution < 1.29 is 14.3 Å². The summed E-state index contributed by atoms with van der Waals surface area (Å²) in [7, 11) is 0. The molecule has 0 radical (unpaired) electrons. The van der Waals surface area contributed by atoms with Crippen LogP contribution >= 0.6 is 0 Å². The lowest BCUT2D eigenvalue weighted by atomic mass is 9.86. The number of H-pyrrole nitrogens is 1. The van der Waals surface area contributed by atoms with Crippen LogP contribution in [0, 0.1) is 11.8 Å². The number of rotatable bonds is 4. The highest BCUT2D eigenvalue weighted by Gasteiger charge is 2.42. The van der Waals surface area contributed by atoms with Gasteiger partial charge in [-0.3, -0.25) is 9.89 Å². The molecule has 0 unspecified atom stereocenters. The summed E-state index contributed by atoms with van der Waals surface area (Å²) < 4.78 is 11.2. The van der Waals surface area contributed by atoms with Crippen LogP contribution in [0.25, 0.3) is 22.8 Å². The van der Waals surface area contributed by atoms with Crippen LogP contribution in [0.1, 0.15) is 6.42 Å². The monoisotopic (exact) mass is 390 g/mol. The van der Waals surface area contributed by atoms with E-state index in [2.05, 4.69) is 20.5 Å². The van der Waals surface area contributed by atoms with E-state index in [0.717, 1.165) is 23.2 Å². The number of nitrogens with zero attached hydrogens (tertiary/aromatic N) is 2. The Bertz CT molecular complexity index is 987. The highest BCUT2D eigenvalue weighted by molar-refractivity contribution is 5.94. The number of hydrogen-bond donors (Lipinski definition) is 2.